The summed E-state index contributed by atoms with van der Waals surface area (Å²) < 4.78 is 0. The summed E-state index contributed by atoms with van der Waals surface area (Å²) in [6, 6.07) is 0. The molecule has 0 saturated carbocycles. The zero-order chi connectivity index (χ0) is 9.94. The van der Waals surface area contributed by atoms with Crippen LogP contribution in [-0.4, -0.2) is 11.7 Å². The van der Waals surface area contributed by atoms with E-state index in [4.69, 9.17) is 5.73 Å². The van der Waals surface area contributed by atoms with E-state index in [0.717, 1.165) is 6.54 Å². The van der Waals surface area contributed by atoms with Gasteiger partial charge in [0.25, 0.3) is 0 Å². The van der Waals surface area contributed by atoms with Crippen LogP contribution in [0.5, 0.6) is 0 Å². The fraction of sp³-hybridized carbons (Fsp3) is 0.700. The van der Waals surface area contributed by atoms with Crippen LogP contribution in [0.1, 0.15) is 39.0 Å². The van der Waals surface area contributed by atoms with Gasteiger partial charge in [0.2, 0.25) is 0 Å². The van der Waals surface area contributed by atoms with Crippen molar-refractivity contribution < 1.29 is 0 Å². The normalized spacial score (nSPS) is 10.5. The molecule has 0 aromatic heterocycles. The molecular weight excluding hydrogens is 180 g/mol. The molecule has 3 N–H and O–H groups in total. The average molecular weight is 200 g/mol. The highest BCUT2D eigenvalue weighted by Crippen LogP contribution is 2.02. The van der Waals surface area contributed by atoms with Gasteiger partial charge < -0.3 is 11.1 Å². The molecule has 0 atom stereocenters. The SMILES string of the molecule is CCCCCCC=CCNC(N)=S. The summed E-state index contributed by atoms with van der Waals surface area (Å²) in [4.78, 5) is 0. The predicted molar refractivity (Wildman–Crippen MR) is 62.7 cm³/mol. The van der Waals surface area contributed by atoms with E-state index in [1.54, 1.807) is 0 Å². The van der Waals surface area contributed by atoms with Crippen LogP contribution in [0, 0.1) is 0 Å². The highest BCUT2D eigenvalue weighted by atomic mass is 32.1. The third-order valence-electron chi connectivity index (χ3n) is 1.79. The Balaban J connectivity index is 3.08. The van der Waals surface area contributed by atoms with Crippen molar-refractivity contribution >= 4 is 17.3 Å². The summed E-state index contributed by atoms with van der Waals surface area (Å²) in [7, 11) is 0. The molecule has 0 rings (SSSR count). The summed E-state index contributed by atoms with van der Waals surface area (Å²) in [6.45, 7) is 2.98. The molecule has 2 nitrogen and oxygen atoms in total. The third kappa shape index (κ3) is 11.4. The van der Waals surface area contributed by atoms with E-state index in [2.05, 4.69) is 36.6 Å². The molecule has 0 bridgehead atoms. The van der Waals surface area contributed by atoms with Crippen LogP contribution in [0.3, 0.4) is 0 Å². The minimum atomic E-state index is 0.371. The molecule has 13 heavy (non-hydrogen) atoms. The van der Waals surface area contributed by atoms with Crippen molar-refractivity contribution in [3.63, 3.8) is 0 Å². The molecule has 0 aromatic rings. The van der Waals surface area contributed by atoms with E-state index < -0.39 is 0 Å². The van der Waals surface area contributed by atoms with Gasteiger partial charge in [-0.05, 0) is 25.1 Å². The molecule has 0 aliphatic heterocycles. The first kappa shape index (κ1) is 12.4. The Morgan fingerprint density at radius 2 is 2.08 bits per heavy atom. The van der Waals surface area contributed by atoms with Crippen molar-refractivity contribution in [2.45, 2.75) is 39.0 Å². The van der Waals surface area contributed by atoms with Gasteiger partial charge in [0.1, 0.15) is 0 Å². The lowest BCUT2D eigenvalue weighted by molar-refractivity contribution is 0.674. The molecular formula is C10H20N2S. The summed E-state index contributed by atoms with van der Waals surface area (Å²) in [5.74, 6) is 0. The molecule has 0 saturated heterocycles. The fourth-order valence-electron chi connectivity index (χ4n) is 1.05. The zero-order valence-corrected chi connectivity index (χ0v) is 9.20. The number of nitrogens with one attached hydrogen (secondary N) is 1. The maximum absolute atomic E-state index is 5.26. The van der Waals surface area contributed by atoms with Crippen LogP contribution < -0.4 is 11.1 Å². The van der Waals surface area contributed by atoms with Crippen molar-refractivity contribution in [1.29, 1.82) is 0 Å². The van der Waals surface area contributed by atoms with Gasteiger partial charge in [-0.1, -0.05) is 38.3 Å². The number of hydrogen-bond donors (Lipinski definition) is 2. The minimum Gasteiger partial charge on any atom is -0.376 e. The number of allylic oxidation sites excluding steroid dienone is 1. The molecule has 0 aliphatic carbocycles. The van der Waals surface area contributed by atoms with E-state index in [1.807, 2.05) is 0 Å². The number of rotatable bonds is 7. The Morgan fingerprint density at radius 1 is 1.31 bits per heavy atom. The lowest BCUT2D eigenvalue weighted by Crippen LogP contribution is -2.28. The summed E-state index contributed by atoms with van der Waals surface area (Å²) in [6.07, 6.45) is 10.7. The first-order valence-corrected chi connectivity index (χ1v) is 5.36. The molecule has 0 fully saturated rings. The van der Waals surface area contributed by atoms with Crippen LogP contribution >= 0.6 is 12.2 Å². The number of thiocarbonyl (C=S) groups is 1. The number of hydrogen-bond acceptors (Lipinski definition) is 1. The van der Waals surface area contributed by atoms with Crippen molar-refractivity contribution in [2.75, 3.05) is 6.54 Å². The van der Waals surface area contributed by atoms with E-state index in [0.29, 0.717) is 5.11 Å². The van der Waals surface area contributed by atoms with Gasteiger partial charge in [0, 0.05) is 6.54 Å². The fourth-order valence-corrected chi connectivity index (χ4v) is 1.13. The van der Waals surface area contributed by atoms with E-state index in [-0.39, 0.29) is 0 Å². The second kappa shape index (κ2) is 9.52. The van der Waals surface area contributed by atoms with Gasteiger partial charge >= 0.3 is 0 Å². The van der Waals surface area contributed by atoms with E-state index in [9.17, 15) is 0 Å². The molecule has 0 unspecified atom stereocenters. The van der Waals surface area contributed by atoms with Crippen molar-refractivity contribution in [3.05, 3.63) is 12.2 Å². The van der Waals surface area contributed by atoms with E-state index >= 15 is 0 Å². The molecule has 0 radical (unpaired) electrons. The second-order valence-corrected chi connectivity index (χ2v) is 3.51. The summed E-state index contributed by atoms with van der Waals surface area (Å²) in [5, 5.41) is 3.24. The molecule has 0 heterocycles. The van der Waals surface area contributed by atoms with Gasteiger partial charge in [0.05, 0.1) is 0 Å². The molecule has 76 valence electrons. The van der Waals surface area contributed by atoms with Crippen LogP contribution in [-0.2, 0) is 0 Å². The van der Waals surface area contributed by atoms with Crippen molar-refractivity contribution in [3.8, 4) is 0 Å². The van der Waals surface area contributed by atoms with Crippen LogP contribution in [0.25, 0.3) is 0 Å². The molecule has 0 spiro atoms. The summed E-state index contributed by atoms with van der Waals surface area (Å²) >= 11 is 4.66. The zero-order valence-electron chi connectivity index (χ0n) is 8.38. The molecule has 0 aromatic carbocycles. The lowest BCUT2D eigenvalue weighted by Gasteiger charge is -1.97. The Hall–Kier alpha value is -0.570. The van der Waals surface area contributed by atoms with Crippen LogP contribution in [0.2, 0.25) is 0 Å². The largest absolute Gasteiger partial charge is 0.376 e. The van der Waals surface area contributed by atoms with Crippen LogP contribution in [0.4, 0.5) is 0 Å². The monoisotopic (exact) mass is 200 g/mol. The minimum absolute atomic E-state index is 0.371. The van der Waals surface area contributed by atoms with Gasteiger partial charge in [-0.3, -0.25) is 0 Å². The molecule has 0 aliphatic rings. The van der Waals surface area contributed by atoms with Crippen molar-refractivity contribution in [1.82, 2.24) is 5.32 Å². The highest BCUT2D eigenvalue weighted by Gasteiger charge is 1.84. The highest BCUT2D eigenvalue weighted by molar-refractivity contribution is 7.80. The van der Waals surface area contributed by atoms with Gasteiger partial charge in [-0.25, -0.2) is 0 Å². The Labute approximate surface area is 86.6 Å². The Bertz CT molecular complexity index is 155. The molecule has 0 amide bonds. The predicted octanol–water partition coefficient (Wildman–Crippen LogP) is 2.35. The van der Waals surface area contributed by atoms with Gasteiger partial charge in [-0.2, -0.15) is 0 Å². The third-order valence-corrected chi connectivity index (χ3v) is 1.93. The Kier molecular flexibility index (Phi) is 9.10. The lowest BCUT2D eigenvalue weighted by atomic mass is 10.1. The maximum atomic E-state index is 5.26. The smallest absolute Gasteiger partial charge is 0.163 e. The van der Waals surface area contributed by atoms with Gasteiger partial charge in [0.15, 0.2) is 5.11 Å². The topological polar surface area (TPSA) is 38.0 Å². The average Bonchev–Trinajstić information content (AvgIpc) is 2.09. The summed E-state index contributed by atoms with van der Waals surface area (Å²) in [5.41, 5.74) is 5.26. The molecule has 3 heteroatoms. The second-order valence-electron chi connectivity index (χ2n) is 3.07. The first-order chi connectivity index (χ1) is 6.27. The first-order valence-electron chi connectivity index (χ1n) is 4.95. The van der Waals surface area contributed by atoms with Gasteiger partial charge in [-0.15, -0.1) is 0 Å². The maximum Gasteiger partial charge on any atom is 0.163 e. The van der Waals surface area contributed by atoms with Crippen LogP contribution in [0.15, 0.2) is 12.2 Å². The standard InChI is InChI=1S/C10H20N2S/c1-2-3-4-5-6-7-8-9-12-10(11)13/h7-8H,2-6,9H2,1H3,(H3,11,12,13). The van der Waals surface area contributed by atoms with Crippen molar-refractivity contribution in [2.24, 2.45) is 5.73 Å². The van der Waals surface area contributed by atoms with E-state index in [1.165, 1.54) is 32.1 Å². The Morgan fingerprint density at radius 3 is 2.69 bits per heavy atom. The quantitative estimate of drug-likeness (QED) is 0.376. The number of nitrogens with two attached hydrogens (primary N) is 1. The number of unbranched alkanes of at least 4 members (excludes halogenated alkanes) is 4.